The topological polar surface area (TPSA) is 47.0 Å². The highest BCUT2D eigenvalue weighted by Crippen LogP contribution is 2.26. The van der Waals surface area contributed by atoms with Crippen LogP contribution in [0.4, 0.5) is 11.5 Å². The molecule has 3 aromatic rings. The molecule has 1 N–H and O–H groups in total. The molecule has 20 heavy (non-hydrogen) atoms. The van der Waals surface area contributed by atoms with Crippen LogP contribution in [-0.4, -0.2) is 16.6 Å². The molecule has 5 heteroatoms. The Labute approximate surface area is 121 Å². The maximum absolute atomic E-state index is 5.43. The van der Waals surface area contributed by atoms with Crippen LogP contribution < -0.4 is 5.32 Å². The second-order valence-electron chi connectivity index (χ2n) is 4.32. The molecule has 2 heterocycles. The molecular formula is C15H15N3OS. The molecular weight excluding hydrogens is 270 g/mol. The molecule has 0 aliphatic carbocycles. The Kier molecular flexibility index (Phi) is 3.90. The third-order valence-corrected chi connectivity index (χ3v) is 3.75. The zero-order chi connectivity index (χ0) is 13.8. The van der Waals surface area contributed by atoms with Gasteiger partial charge in [0, 0.05) is 12.3 Å². The SMILES string of the molecule is CCOCc1cccc(Nc2ncnc3sccc23)c1. The Morgan fingerprint density at radius 3 is 3.10 bits per heavy atom. The van der Waals surface area contributed by atoms with Gasteiger partial charge < -0.3 is 10.1 Å². The standard InChI is InChI=1S/C15H15N3OS/c1-2-19-9-11-4-3-5-12(8-11)18-14-13-6-7-20-15(13)17-10-16-14/h3-8,10H,2,9H2,1H3,(H,16,17,18). The van der Waals surface area contributed by atoms with Crippen LogP contribution in [0.3, 0.4) is 0 Å². The fraction of sp³-hybridized carbons (Fsp3) is 0.200. The van der Waals surface area contributed by atoms with E-state index in [1.165, 1.54) is 0 Å². The van der Waals surface area contributed by atoms with Crippen molar-refractivity contribution in [2.45, 2.75) is 13.5 Å². The Morgan fingerprint density at radius 1 is 1.25 bits per heavy atom. The van der Waals surface area contributed by atoms with E-state index in [1.807, 2.05) is 30.5 Å². The van der Waals surface area contributed by atoms with Crippen molar-refractivity contribution in [3.05, 3.63) is 47.6 Å². The molecule has 0 fully saturated rings. The molecule has 0 spiro atoms. The number of ether oxygens (including phenoxy) is 1. The maximum atomic E-state index is 5.43. The monoisotopic (exact) mass is 285 g/mol. The highest BCUT2D eigenvalue weighted by Gasteiger charge is 2.05. The number of nitrogens with one attached hydrogen (secondary N) is 1. The number of benzene rings is 1. The fourth-order valence-corrected chi connectivity index (χ4v) is 2.72. The van der Waals surface area contributed by atoms with Crippen molar-refractivity contribution >= 4 is 33.1 Å². The minimum absolute atomic E-state index is 0.629. The Bertz CT molecular complexity index is 711. The van der Waals surface area contributed by atoms with Crippen molar-refractivity contribution < 1.29 is 4.74 Å². The molecule has 0 radical (unpaired) electrons. The lowest BCUT2D eigenvalue weighted by molar-refractivity contribution is 0.134. The highest BCUT2D eigenvalue weighted by molar-refractivity contribution is 7.16. The van der Waals surface area contributed by atoms with Crippen LogP contribution in [-0.2, 0) is 11.3 Å². The van der Waals surface area contributed by atoms with Gasteiger partial charge >= 0.3 is 0 Å². The van der Waals surface area contributed by atoms with Crippen LogP contribution in [0.1, 0.15) is 12.5 Å². The van der Waals surface area contributed by atoms with Crippen LogP contribution in [0.2, 0.25) is 0 Å². The number of hydrogen-bond donors (Lipinski definition) is 1. The third kappa shape index (κ3) is 2.79. The smallest absolute Gasteiger partial charge is 0.142 e. The molecule has 4 nitrogen and oxygen atoms in total. The number of nitrogens with zero attached hydrogens (tertiary/aromatic N) is 2. The minimum atomic E-state index is 0.629. The van der Waals surface area contributed by atoms with Gasteiger partial charge in [0.05, 0.1) is 12.0 Å². The molecule has 0 saturated carbocycles. The summed E-state index contributed by atoms with van der Waals surface area (Å²) < 4.78 is 5.43. The van der Waals surface area contributed by atoms with Gasteiger partial charge in [-0.1, -0.05) is 12.1 Å². The minimum Gasteiger partial charge on any atom is -0.377 e. The molecule has 102 valence electrons. The molecule has 0 unspecified atom stereocenters. The van der Waals surface area contributed by atoms with Gasteiger partial charge in [0.25, 0.3) is 0 Å². The molecule has 2 aromatic heterocycles. The van der Waals surface area contributed by atoms with Gasteiger partial charge in [-0.05, 0) is 36.1 Å². The molecule has 0 saturated heterocycles. The van der Waals surface area contributed by atoms with Gasteiger partial charge in [0.15, 0.2) is 0 Å². The summed E-state index contributed by atoms with van der Waals surface area (Å²) in [7, 11) is 0. The van der Waals surface area contributed by atoms with Crippen molar-refractivity contribution in [2.24, 2.45) is 0 Å². The van der Waals surface area contributed by atoms with E-state index in [2.05, 4.69) is 27.4 Å². The molecule has 0 amide bonds. The summed E-state index contributed by atoms with van der Waals surface area (Å²) in [5.41, 5.74) is 2.15. The lowest BCUT2D eigenvalue weighted by Crippen LogP contribution is -1.97. The van der Waals surface area contributed by atoms with Crippen LogP contribution in [0, 0.1) is 0 Å². The highest BCUT2D eigenvalue weighted by atomic mass is 32.1. The van der Waals surface area contributed by atoms with Crippen molar-refractivity contribution in [3.8, 4) is 0 Å². The van der Waals surface area contributed by atoms with Crippen molar-refractivity contribution in [1.82, 2.24) is 9.97 Å². The molecule has 0 aliphatic rings. The Morgan fingerprint density at radius 2 is 2.20 bits per heavy atom. The molecule has 0 atom stereocenters. The van der Waals surface area contributed by atoms with E-state index in [1.54, 1.807) is 17.7 Å². The zero-order valence-corrected chi connectivity index (χ0v) is 12.0. The van der Waals surface area contributed by atoms with Crippen LogP contribution >= 0.6 is 11.3 Å². The summed E-state index contributed by atoms with van der Waals surface area (Å²) in [6.07, 6.45) is 1.59. The van der Waals surface area contributed by atoms with Crippen LogP contribution in [0.5, 0.6) is 0 Å². The van der Waals surface area contributed by atoms with Gasteiger partial charge in [0.1, 0.15) is 17.0 Å². The van der Waals surface area contributed by atoms with E-state index in [-0.39, 0.29) is 0 Å². The summed E-state index contributed by atoms with van der Waals surface area (Å²) in [6, 6.07) is 10.2. The number of aromatic nitrogens is 2. The molecule has 0 bridgehead atoms. The van der Waals surface area contributed by atoms with Crippen molar-refractivity contribution in [1.29, 1.82) is 0 Å². The lowest BCUT2D eigenvalue weighted by Gasteiger charge is -2.08. The van der Waals surface area contributed by atoms with Crippen molar-refractivity contribution in [2.75, 3.05) is 11.9 Å². The van der Waals surface area contributed by atoms with Crippen LogP contribution in [0.25, 0.3) is 10.2 Å². The summed E-state index contributed by atoms with van der Waals surface area (Å²) in [5.74, 6) is 0.838. The quantitative estimate of drug-likeness (QED) is 0.770. The predicted molar refractivity (Wildman–Crippen MR) is 82.5 cm³/mol. The van der Waals surface area contributed by atoms with Gasteiger partial charge in [-0.3, -0.25) is 0 Å². The fourth-order valence-electron chi connectivity index (χ4n) is 1.99. The summed E-state index contributed by atoms with van der Waals surface area (Å²) in [4.78, 5) is 9.56. The second-order valence-corrected chi connectivity index (χ2v) is 5.22. The summed E-state index contributed by atoms with van der Waals surface area (Å²) in [5, 5.41) is 6.42. The van der Waals surface area contributed by atoms with Crippen LogP contribution in [0.15, 0.2) is 42.0 Å². The first-order valence-electron chi connectivity index (χ1n) is 6.48. The largest absolute Gasteiger partial charge is 0.377 e. The van der Waals surface area contributed by atoms with E-state index in [4.69, 9.17) is 4.74 Å². The predicted octanol–water partition coefficient (Wildman–Crippen LogP) is 3.97. The van der Waals surface area contributed by atoms with E-state index < -0.39 is 0 Å². The third-order valence-electron chi connectivity index (χ3n) is 2.92. The molecule has 0 aliphatic heterocycles. The lowest BCUT2D eigenvalue weighted by atomic mass is 10.2. The van der Waals surface area contributed by atoms with Gasteiger partial charge in [-0.25, -0.2) is 9.97 Å². The first-order chi connectivity index (χ1) is 9.86. The van der Waals surface area contributed by atoms with E-state index in [0.717, 1.165) is 33.9 Å². The first-order valence-corrected chi connectivity index (χ1v) is 7.36. The normalized spacial score (nSPS) is 10.8. The molecule has 1 aromatic carbocycles. The Hall–Kier alpha value is -1.98. The van der Waals surface area contributed by atoms with Crippen molar-refractivity contribution in [3.63, 3.8) is 0 Å². The van der Waals surface area contributed by atoms with E-state index in [0.29, 0.717) is 6.61 Å². The zero-order valence-electron chi connectivity index (χ0n) is 11.2. The average Bonchev–Trinajstić information content (AvgIpc) is 2.95. The van der Waals surface area contributed by atoms with Gasteiger partial charge in [-0.2, -0.15) is 0 Å². The van der Waals surface area contributed by atoms with Gasteiger partial charge in [0.2, 0.25) is 0 Å². The van der Waals surface area contributed by atoms with E-state index >= 15 is 0 Å². The number of fused-ring (bicyclic) bond motifs is 1. The number of thiophene rings is 1. The summed E-state index contributed by atoms with van der Waals surface area (Å²) >= 11 is 1.62. The van der Waals surface area contributed by atoms with Gasteiger partial charge in [-0.15, -0.1) is 11.3 Å². The number of rotatable bonds is 5. The second kappa shape index (κ2) is 5.98. The number of anilines is 2. The first kappa shape index (κ1) is 13.0. The summed E-state index contributed by atoms with van der Waals surface area (Å²) in [6.45, 7) is 3.35. The Balaban J connectivity index is 1.85. The maximum Gasteiger partial charge on any atom is 0.142 e. The average molecular weight is 285 g/mol. The molecule has 3 rings (SSSR count). The van der Waals surface area contributed by atoms with E-state index in [9.17, 15) is 0 Å². The number of hydrogen-bond acceptors (Lipinski definition) is 5.